The molecule has 0 aliphatic heterocycles. The summed E-state index contributed by atoms with van der Waals surface area (Å²) in [4.78, 5) is 12.6. The summed E-state index contributed by atoms with van der Waals surface area (Å²) < 4.78 is 5.42. The summed E-state index contributed by atoms with van der Waals surface area (Å²) in [5, 5.41) is 13.9. The summed E-state index contributed by atoms with van der Waals surface area (Å²) in [6, 6.07) is 5.14. The smallest absolute Gasteiger partial charge is 0.292 e. The van der Waals surface area contributed by atoms with E-state index in [9.17, 15) is 10.1 Å². The molecule has 0 bridgehead atoms. The molecule has 0 amide bonds. The predicted molar refractivity (Wildman–Crippen MR) is 75.7 cm³/mol. The second-order valence-electron chi connectivity index (χ2n) is 4.62. The van der Waals surface area contributed by atoms with Crippen molar-refractivity contribution in [2.45, 2.75) is 6.92 Å². The van der Waals surface area contributed by atoms with Crippen molar-refractivity contribution < 1.29 is 9.66 Å². The summed E-state index contributed by atoms with van der Waals surface area (Å²) in [5.74, 6) is 0. The highest BCUT2D eigenvalue weighted by Crippen LogP contribution is 2.24. The molecule has 0 aliphatic carbocycles. The maximum absolute atomic E-state index is 10.9. The summed E-state index contributed by atoms with van der Waals surface area (Å²) in [6.07, 6.45) is 0. The van der Waals surface area contributed by atoms with E-state index in [0.29, 0.717) is 25.4 Å². The fourth-order valence-electron chi connectivity index (χ4n) is 1.55. The van der Waals surface area contributed by atoms with Crippen molar-refractivity contribution in [3.63, 3.8) is 0 Å². The van der Waals surface area contributed by atoms with Crippen LogP contribution in [0.4, 0.5) is 11.4 Å². The van der Waals surface area contributed by atoms with Gasteiger partial charge in [0.2, 0.25) is 0 Å². The number of aryl methyl sites for hydroxylation is 1. The van der Waals surface area contributed by atoms with Crippen molar-refractivity contribution in [3.05, 3.63) is 33.9 Å². The predicted octanol–water partition coefficient (Wildman–Crippen LogP) is 1.89. The van der Waals surface area contributed by atoms with Crippen LogP contribution < -0.4 is 5.32 Å². The number of nitro groups is 1. The van der Waals surface area contributed by atoms with Gasteiger partial charge in [-0.2, -0.15) is 0 Å². The zero-order chi connectivity index (χ0) is 14.3. The Labute approximate surface area is 113 Å². The van der Waals surface area contributed by atoms with Gasteiger partial charge in [-0.1, -0.05) is 6.07 Å². The average molecular weight is 267 g/mol. The molecule has 1 aromatic carbocycles. The Kier molecular flexibility index (Phi) is 6.24. The topological polar surface area (TPSA) is 67.6 Å². The molecule has 1 aromatic rings. The molecule has 0 radical (unpaired) electrons. The van der Waals surface area contributed by atoms with Crippen LogP contribution in [-0.2, 0) is 4.74 Å². The fourth-order valence-corrected chi connectivity index (χ4v) is 1.55. The number of likely N-dealkylation sites (N-methyl/N-ethyl adjacent to an activating group) is 1. The van der Waals surface area contributed by atoms with Crippen LogP contribution in [-0.4, -0.2) is 50.2 Å². The summed E-state index contributed by atoms with van der Waals surface area (Å²) in [5.41, 5.74) is 1.51. The van der Waals surface area contributed by atoms with Gasteiger partial charge in [0.15, 0.2) is 0 Å². The Morgan fingerprint density at radius 1 is 1.37 bits per heavy atom. The first-order chi connectivity index (χ1) is 9.00. The van der Waals surface area contributed by atoms with E-state index >= 15 is 0 Å². The number of anilines is 1. The van der Waals surface area contributed by atoms with Crippen LogP contribution >= 0.6 is 0 Å². The van der Waals surface area contributed by atoms with E-state index in [1.165, 1.54) is 0 Å². The highest BCUT2D eigenvalue weighted by molar-refractivity contribution is 5.62. The zero-order valence-corrected chi connectivity index (χ0v) is 11.7. The second kappa shape index (κ2) is 7.70. The molecule has 0 aromatic heterocycles. The third-order valence-electron chi connectivity index (χ3n) is 2.59. The minimum Gasteiger partial charge on any atom is -0.378 e. The largest absolute Gasteiger partial charge is 0.378 e. The summed E-state index contributed by atoms with van der Waals surface area (Å²) in [7, 11) is 3.97. The van der Waals surface area contributed by atoms with Crippen LogP contribution in [0.5, 0.6) is 0 Å². The number of hydrogen-bond donors (Lipinski definition) is 1. The van der Waals surface area contributed by atoms with Crippen molar-refractivity contribution in [2.24, 2.45) is 0 Å². The molecule has 0 heterocycles. The van der Waals surface area contributed by atoms with Gasteiger partial charge >= 0.3 is 0 Å². The third-order valence-corrected chi connectivity index (χ3v) is 2.59. The van der Waals surface area contributed by atoms with Gasteiger partial charge in [0.1, 0.15) is 5.69 Å². The molecule has 0 aliphatic rings. The normalized spacial score (nSPS) is 10.7. The van der Waals surface area contributed by atoms with Gasteiger partial charge in [-0.05, 0) is 32.6 Å². The van der Waals surface area contributed by atoms with Crippen molar-refractivity contribution in [1.82, 2.24) is 4.90 Å². The first kappa shape index (κ1) is 15.4. The molecule has 0 fully saturated rings. The summed E-state index contributed by atoms with van der Waals surface area (Å²) in [6.45, 7) is 4.44. The van der Waals surface area contributed by atoms with Crippen molar-refractivity contribution >= 4 is 11.4 Å². The van der Waals surface area contributed by atoms with Crippen molar-refractivity contribution in [1.29, 1.82) is 0 Å². The van der Waals surface area contributed by atoms with Crippen molar-refractivity contribution in [3.8, 4) is 0 Å². The molecule has 0 saturated carbocycles. The number of rotatable bonds is 8. The SMILES string of the molecule is Cc1ccc(NCCOCCN(C)C)c([N+](=O)[O-])c1. The lowest BCUT2D eigenvalue weighted by molar-refractivity contribution is -0.384. The molecular formula is C13H21N3O3. The molecule has 6 nitrogen and oxygen atoms in total. The molecule has 1 rings (SSSR count). The van der Waals surface area contributed by atoms with Crippen LogP contribution in [0.2, 0.25) is 0 Å². The van der Waals surface area contributed by atoms with Gasteiger partial charge in [0, 0.05) is 19.2 Å². The molecule has 6 heteroatoms. The van der Waals surface area contributed by atoms with E-state index in [2.05, 4.69) is 5.32 Å². The van der Waals surface area contributed by atoms with Crippen LogP contribution in [0.1, 0.15) is 5.56 Å². The Hall–Kier alpha value is -1.66. The lowest BCUT2D eigenvalue weighted by Gasteiger charge is -2.11. The Morgan fingerprint density at radius 2 is 2.11 bits per heavy atom. The lowest BCUT2D eigenvalue weighted by Crippen LogP contribution is -2.20. The molecule has 0 saturated heterocycles. The van der Waals surface area contributed by atoms with Gasteiger partial charge < -0.3 is 15.0 Å². The molecular weight excluding hydrogens is 246 g/mol. The number of hydrogen-bond acceptors (Lipinski definition) is 5. The molecule has 0 spiro atoms. The van der Waals surface area contributed by atoms with Crippen LogP contribution in [0.25, 0.3) is 0 Å². The van der Waals surface area contributed by atoms with Gasteiger partial charge in [-0.25, -0.2) is 0 Å². The van der Waals surface area contributed by atoms with E-state index in [4.69, 9.17) is 4.74 Å². The Bertz CT molecular complexity index is 422. The van der Waals surface area contributed by atoms with E-state index < -0.39 is 0 Å². The van der Waals surface area contributed by atoms with E-state index in [0.717, 1.165) is 12.1 Å². The quantitative estimate of drug-likeness (QED) is 0.442. The lowest BCUT2D eigenvalue weighted by atomic mass is 10.2. The standard InChI is InChI=1S/C13H21N3O3/c1-11-4-5-12(13(10-11)16(17)18)14-6-8-19-9-7-15(2)3/h4-5,10,14H,6-9H2,1-3H3. The number of nitro benzene ring substituents is 1. The molecule has 106 valence electrons. The van der Waals surface area contributed by atoms with Gasteiger partial charge in [-0.15, -0.1) is 0 Å². The zero-order valence-electron chi connectivity index (χ0n) is 11.7. The minimum absolute atomic E-state index is 0.105. The maximum atomic E-state index is 10.9. The van der Waals surface area contributed by atoms with Crippen LogP contribution in [0.3, 0.4) is 0 Å². The molecule has 19 heavy (non-hydrogen) atoms. The second-order valence-corrected chi connectivity index (χ2v) is 4.62. The molecule has 0 atom stereocenters. The van der Waals surface area contributed by atoms with Gasteiger partial charge in [-0.3, -0.25) is 10.1 Å². The number of nitrogens with zero attached hydrogens (tertiary/aromatic N) is 2. The minimum atomic E-state index is -0.373. The Balaban J connectivity index is 2.39. The number of benzene rings is 1. The number of ether oxygens (including phenoxy) is 1. The maximum Gasteiger partial charge on any atom is 0.292 e. The number of nitrogens with one attached hydrogen (secondary N) is 1. The summed E-state index contributed by atoms with van der Waals surface area (Å²) >= 11 is 0. The van der Waals surface area contributed by atoms with Gasteiger partial charge in [0.05, 0.1) is 18.1 Å². The fraction of sp³-hybridized carbons (Fsp3) is 0.538. The Morgan fingerprint density at radius 3 is 2.74 bits per heavy atom. The van der Waals surface area contributed by atoms with Gasteiger partial charge in [0.25, 0.3) is 5.69 Å². The van der Waals surface area contributed by atoms with E-state index in [-0.39, 0.29) is 10.6 Å². The monoisotopic (exact) mass is 267 g/mol. The molecule has 1 N–H and O–H groups in total. The first-order valence-electron chi connectivity index (χ1n) is 6.22. The van der Waals surface area contributed by atoms with E-state index in [1.54, 1.807) is 12.1 Å². The first-order valence-corrected chi connectivity index (χ1v) is 6.22. The highest BCUT2D eigenvalue weighted by atomic mass is 16.6. The van der Waals surface area contributed by atoms with Crippen LogP contribution in [0, 0.1) is 17.0 Å². The highest BCUT2D eigenvalue weighted by Gasteiger charge is 2.12. The third kappa shape index (κ3) is 5.67. The molecule has 0 unspecified atom stereocenters. The van der Waals surface area contributed by atoms with Crippen LogP contribution in [0.15, 0.2) is 18.2 Å². The van der Waals surface area contributed by atoms with Crippen molar-refractivity contribution in [2.75, 3.05) is 45.7 Å². The van der Waals surface area contributed by atoms with E-state index in [1.807, 2.05) is 32.0 Å². The average Bonchev–Trinajstić information content (AvgIpc) is 2.34.